The Kier molecular flexibility index (Phi) is 4.52. The normalized spacial score (nSPS) is 27.6. The summed E-state index contributed by atoms with van der Waals surface area (Å²) < 4.78 is 32.1. The minimum atomic E-state index is -0.804. The number of benzene rings is 1. The van der Waals surface area contributed by atoms with E-state index < -0.39 is 11.6 Å². The molecule has 2 heterocycles. The van der Waals surface area contributed by atoms with Crippen LogP contribution in [0.4, 0.5) is 8.78 Å². The second-order valence-corrected chi connectivity index (χ2v) is 6.05. The molecule has 1 aromatic rings. The molecular weight excluding hydrogens is 274 g/mol. The molecule has 0 aliphatic carbocycles. The lowest BCUT2D eigenvalue weighted by atomic mass is 10.1. The number of rotatable bonds is 4. The number of nitrogens with zero attached hydrogens (tertiary/aromatic N) is 1. The van der Waals surface area contributed by atoms with Gasteiger partial charge in [-0.05, 0) is 44.0 Å². The highest BCUT2D eigenvalue weighted by atomic mass is 19.2. The molecule has 0 spiro atoms. The van der Waals surface area contributed by atoms with Crippen molar-refractivity contribution in [3.63, 3.8) is 0 Å². The summed E-state index contributed by atoms with van der Waals surface area (Å²) in [6.45, 7) is 5.62. The van der Waals surface area contributed by atoms with Crippen molar-refractivity contribution in [2.45, 2.75) is 38.0 Å². The number of morpholine rings is 1. The van der Waals surface area contributed by atoms with Crippen LogP contribution in [-0.4, -0.2) is 43.3 Å². The van der Waals surface area contributed by atoms with E-state index in [1.54, 1.807) is 6.07 Å². The van der Waals surface area contributed by atoms with E-state index in [-0.39, 0.29) is 12.1 Å². The van der Waals surface area contributed by atoms with E-state index in [2.05, 4.69) is 10.2 Å². The Bertz CT molecular complexity index is 497. The van der Waals surface area contributed by atoms with E-state index in [1.807, 2.05) is 6.92 Å². The smallest absolute Gasteiger partial charge is 0.159 e. The zero-order valence-electron chi connectivity index (χ0n) is 12.3. The van der Waals surface area contributed by atoms with Crippen molar-refractivity contribution in [3.05, 3.63) is 35.4 Å². The van der Waals surface area contributed by atoms with Crippen molar-refractivity contribution in [3.8, 4) is 0 Å². The molecule has 2 aliphatic heterocycles. The van der Waals surface area contributed by atoms with Crippen LogP contribution in [0.15, 0.2) is 18.2 Å². The maximum absolute atomic E-state index is 13.2. The van der Waals surface area contributed by atoms with Crippen molar-refractivity contribution in [2.75, 3.05) is 26.2 Å². The first-order valence-corrected chi connectivity index (χ1v) is 7.67. The quantitative estimate of drug-likeness (QED) is 0.924. The van der Waals surface area contributed by atoms with Gasteiger partial charge in [-0.3, -0.25) is 4.90 Å². The molecule has 2 saturated heterocycles. The first-order chi connectivity index (χ1) is 10.1. The van der Waals surface area contributed by atoms with Crippen LogP contribution in [0, 0.1) is 11.6 Å². The summed E-state index contributed by atoms with van der Waals surface area (Å²) in [5, 5.41) is 3.35. The van der Waals surface area contributed by atoms with Gasteiger partial charge < -0.3 is 10.1 Å². The third-order valence-electron chi connectivity index (χ3n) is 4.56. The molecule has 0 radical (unpaired) electrons. The molecule has 3 nitrogen and oxygen atoms in total. The number of hydrogen-bond acceptors (Lipinski definition) is 3. The molecule has 0 bridgehead atoms. The first kappa shape index (κ1) is 14.9. The number of nitrogens with one attached hydrogen (secondary N) is 1. The zero-order valence-corrected chi connectivity index (χ0v) is 12.3. The number of ether oxygens (including phenoxy) is 1. The summed E-state index contributed by atoms with van der Waals surface area (Å²) in [5.41, 5.74) is 0.753. The van der Waals surface area contributed by atoms with Gasteiger partial charge in [0, 0.05) is 25.2 Å². The summed E-state index contributed by atoms with van der Waals surface area (Å²) >= 11 is 0. The van der Waals surface area contributed by atoms with E-state index in [0.717, 1.165) is 25.3 Å². The Labute approximate surface area is 124 Å². The Morgan fingerprint density at radius 1 is 1.38 bits per heavy atom. The van der Waals surface area contributed by atoms with Gasteiger partial charge in [0.15, 0.2) is 11.6 Å². The fourth-order valence-corrected chi connectivity index (χ4v) is 3.22. The molecule has 2 fully saturated rings. The fraction of sp³-hybridized carbons (Fsp3) is 0.625. The third-order valence-corrected chi connectivity index (χ3v) is 4.56. The van der Waals surface area contributed by atoms with Crippen LogP contribution in [0.25, 0.3) is 0 Å². The average Bonchev–Trinajstić information content (AvgIpc) is 2.95. The first-order valence-electron chi connectivity index (χ1n) is 7.67. The fourth-order valence-electron chi connectivity index (χ4n) is 3.22. The van der Waals surface area contributed by atoms with Crippen molar-refractivity contribution < 1.29 is 13.5 Å². The van der Waals surface area contributed by atoms with Gasteiger partial charge in [-0.25, -0.2) is 8.78 Å². The lowest BCUT2D eigenvalue weighted by molar-refractivity contribution is -0.0477. The largest absolute Gasteiger partial charge is 0.374 e. The molecule has 0 aromatic heterocycles. The molecule has 0 amide bonds. The summed E-state index contributed by atoms with van der Waals surface area (Å²) in [6, 6.07) is 4.62. The van der Waals surface area contributed by atoms with E-state index in [4.69, 9.17) is 4.74 Å². The third kappa shape index (κ3) is 3.42. The predicted octanol–water partition coefficient (Wildman–Crippen LogP) is 2.48. The highest BCUT2D eigenvalue weighted by molar-refractivity contribution is 5.20. The van der Waals surface area contributed by atoms with E-state index in [0.29, 0.717) is 6.04 Å². The second kappa shape index (κ2) is 6.38. The van der Waals surface area contributed by atoms with Crippen LogP contribution in [-0.2, 0) is 4.74 Å². The van der Waals surface area contributed by atoms with Gasteiger partial charge in [-0.1, -0.05) is 6.07 Å². The molecule has 0 saturated carbocycles. The van der Waals surface area contributed by atoms with Crippen molar-refractivity contribution in [1.29, 1.82) is 0 Å². The number of halogens is 2. The topological polar surface area (TPSA) is 24.5 Å². The monoisotopic (exact) mass is 296 g/mol. The zero-order chi connectivity index (χ0) is 14.8. The molecule has 1 aromatic carbocycles. The molecule has 3 rings (SSSR count). The minimum absolute atomic E-state index is 0.0278. The standard InChI is InChI=1S/C16H22F2N2O/c1-11(12-4-5-15(17)16(18)7-12)19-8-14-9-20-6-2-3-13(20)10-21-14/h4-5,7,11,13-14,19H,2-3,6,8-10H2,1H3. The van der Waals surface area contributed by atoms with Crippen LogP contribution in [0.5, 0.6) is 0 Å². The Morgan fingerprint density at radius 2 is 2.24 bits per heavy atom. The maximum atomic E-state index is 13.2. The summed E-state index contributed by atoms with van der Waals surface area (Å²) in [6.07, 6.45) is 2.68. The Hall–Kier alpha value is -1.04. The average molecular weight is 296 g/mol. The van der Waals surface area contributed by atoms with Crippen molar-refractivity contribution >= 4 is 0 Å². The molecular formula is C16H22F2N2O. The minimum Gasteiger partial charge on any atom is -0.374 e. The van der Waals surface area contributed by atoms with Gasteiger partial charge in [-0.15, -0.1) is 0 Å². The molecule has 2 aliphatic rings. The van der Waals surface area contributed by atoms with Crippen LogP contribution in [0.2, 0.25) is 0 Å². The molecule has 3 atom stereocenters. The molecule has 1 N–H and O–H groups in total. The van der Waals surface area contributed by atoms with Crippen LogP contribution < -0.4 is 5.32 Å². The van der Waals surface area contributed by atoms with Gasteiger partial charge in [0.25, 0.3) is 0 Å². The predicted molar refractivity (Wildman–Crippen MR) is 77.1 cm³/mol. The van der Waals surface area contributed by atoms with E-state index in [9.17, 15) is 8.78 Å². The Balaban J connectivity index is 1.51. The molecule has 21 heavy (non-hydrogen) atoms. The summed E-state index contributed by atoms with van der Waals surface area (Å²) in [5.74, 6) is -1.60. The summed E-state index contributed by atoms with van der Waals surface area (Å²) in [7, 11) is 0. The van der Waals surface area contributed by atoms with Gasteiger partial charge in [0.2, 0.25) is 0 Å². The highest BCUT2D eigenvalue weighted by Gasteiger charge is 2.32. The van der Waals surface area contributed by atoms with E-state index in [1.165, 1.54) is 31.5 Å². The van der Waals surface area contributed by atoms with Gasteiger partial charge in [-0.2, -0.15) is 0 Å². The molecule has 3 unspecified atom stereocenters. The SMILES string of the molecule is CC(NCC1CN2CCCC2CO1)c1ccc(F)c(F)c1. The molecule has 5 heteroatoms. The number of hydrogen-bond donors (Lipinski definition) is 1. The van der Waals surface area contributed by atoms with Crippen LogP contribution in [0.3, 0.4) is 0 Å². The Morgan fingerprint density at radius 3 is 3.05 bits per heavy atom. The van der Waals surface area contributed by atoms with Crippen molar-refractivity contribution in [1.82, 2.24) is 10.2 Å². The lowest BCUT2D eigenvalue weighted by Gasteiger charge is -2.35. The molecule has 116 valence electrons. The van der Waals surface area contributed by atoms with E-state index >= 15 is 0 Å². The number of fused-ring (bicyclic) bond motifs is 1. The lowest BCUT2D eigenvalue weighted by Crippen LogP contribution is -2.49. The second-order valence-electron chi connectivity index (χ2n) is 6.05. The maximum Gasteiger partial charge on any atom is 0.159 e. The van der Waals surface area contributed by atoms with Gasteiger partial charge in [0.1, 0.15) is 0 Å². The van der Waals surface area contributed by atoms with Gasteiger partial charge in [0.05, 0.1) is 12.7 Å². The summed E-state index contributed by atoms with van der Waals surface area (Å²) in [4.78, 5) is 2.50. The van der Waals surface area contributed by atoms with Crippen molar-refractivity contribution in [2.24, 2.45) is 0 Å². The van der Waals surface area contributed by atoms with Gasteiger partial charge >= 0.3 is 0 Å². The van der Waals surface area contributed by atoms with Crippen LogP contribution in [0.1, 0.15) is 31.4 Å². The highest BCUT2D eigenvalue weighted by Crippen LogP contribution is 2.23. The van der Waals surface area contributed by atoms with Crippen LogP contribution >= 0.6 is 0 Å².